The summed E-state index contributed by atoms with van der Waals surface area (Å²) in [6, 6.07) is 9.42. The van der Waals surface area contributed by atoms with Gasteiger partial charge in [0.2, 0.25) is 0 Å². The Balaban J connectivity index is 2.07. The highest BCUT2D eigenvalue weighted by Gasteiger charge is 2.11. The van der Waals surface area contributed by atoms with Gasteiger partial charge in [0, 0.05) is 0 Å². The third-order valence-corrected chi connectivity index (χ3v) is 4.19. The van der Waals surface area contributed by atoms with E-state index in [9.17, 15) is 5.11 Å². The molecule has 0 aliphatic rings. The molecule has 0 saturated carbocycles. The van der Waals surface area contributed by atoms with Crippen molar-refractivity contribution in [3.63, 3.8) is 0 Å². The average molecular weight is 357 g/mol. The first-order chi connectivity index (χ1) is 9.50. The van der Waals surface area contributed by atoms with Crippen LogP contribution in [0.1, 0.15) is 11.1 Å². The largest absolute Gasteiger partial charge is 0.504 e. The van der Waals surface area contributed by atoms with Crippen LogP contribution in [0.25, 0.3) is 0 Å². The van der Waals surface area contributed by atoms with Gasteiger partial charge in [0.05, 0.1) is 15.2 Å². The van der Waals surface area contributed by atoms with Gasteiger partial charge in [0.25, 0.3) is 0 Å². The van der Waals surface area contributed by atoms with E-state index in [0.717, 1.165) is 21.3 Å². The lowest BCUT2D eigenvalue weighted by atomic mass is 10.1. The van der Waals surface area contributed by atoms with Gasteiger partial charge >= 0.3 is 0 Å². The van der Waals surface area contributed by atoms with Gasteiger partial charge in [0.1, 0.15) is 5.75 Å². The molecule has 0 bridgehead atoms. The molecule has 0 aliphatic heterocycles. The fraction of sp³-hybridized carbons (Fsp3) is 0.200. The predicted molar refractivity (Wildman–Crippen MR) is 85.9 cm³/mol. The number of aryl methyl sites for hydroxylation is 1. The van der Waals surface area contributed by atoms with Crippen molar-refractivity contribution in [1.82, 2.24) is 0 Å². The molecule has 2 rings (SSSR count). The molecule has 106 valence electrons. The van der Waals surface area contributed by atoms with E-state index in [1.54, 1.807) is 0 Å². The van der Waals surface area contributed by atoms with Crippen LogP contribution in [0.15, 0.2) is 34.8 Å². The second kappa shape index (κ2) is 6.37. The molecule has 0 aromatic heterocycles. The third kappa shape index (κ3) is 3.19. The lowest BCUT2D eigenvalue weighted by molar-refractivity contribution is 0.343. The maximum atomic E-state index is 10.00. The summed E-state index contributed by atoms with van der Waals surface area (Å²) in [7, 11) is 0. The molecule has 0 fully saturated rings. The smallest absolute Gasteiger partial charge is 0.159 e. The highest BCUT2D eigenvalue weighted by atomic mass is 79.9. The molecule has 0 heterocycles. The van der Waals surface area contributed by atoms with Crippen LogP contribution >= 0.6 is 27.5 Å². The molecule has 20 heavy (non-hydrogen) atoms. The van der Waals surface area contributed by atoms with Crippen molar-refractivity contribution in [2.75, 3.05) is 12.0 Å². The van der Waals surface area contributed by atoms with Crippen LogP contribution in [0.3, 0.4) is 0 Å². The van der Waals surface area contributed by atoms with E-state index in [1.807, 2.05) is 44.2 Å². The number of benzene rings is 2. The van der Waals surface area contributed by atoms with Gasteiger partial charge in [-0.25, -0.2) is 0 Å². The van der Waals surface area contributed by atoms with Gasteiger partial charge in [-0.05, 0) is 59.1 Å². The summed E-state index contributed by atoms with van der Waals surface area (Å²) in [6.45, 7) is 4.05. The van der Waals surface area contributed by atoms with Crippen LogP contribution in [0.2, 0.25) is 5.02 Å². The minimum Gasteiger partial charge on any atom is -0.504 e. The van der Waals surface area contributed by atoms with Gasteiger partial charge in [-0.3, -0.25) is 0 Å². The monoisotopic (exact) mass is 355 g/mol. The molecule has 3 nitrogen and oxygen atoms in total. The van der Waals surface area contributed by atoms with Crippen LogP contribution in [0, 0.1) is 13.8 Å². The quantitative estimate of drug-likeness (QED) is 0.606. The Morgan fingerprint density at radius 3 is 2.70 bits per heavy atom. The highest BCUT2D eigenvalue weighted by Crippen LogP contribution is 2.36. The number of anilines is 1. The Morgan fingerprint density at radius 1 is 1.30 bits per heavy atom. The summed E-state index contributed by atoms with van der Waals surface area (Å²) < 4.78 is 6.47. The summed E-state index contributed by atoms with van der Waals surface area (Å²) in [6.07, 6.45) is 0. The maximum Gasteiger partial charge on any atom is 0.159 e. The van der Waals surface area contributed by atoms with Crippen molar-refractivity contribution in [3.05, 3.63) is 51.0 Å². The van der Waals surface area contributed by atoms with Gasteiger partial charge in [-0.1, -0.05) is 23.7 Å². The summed E-state index contributed by atoms with van der Waals surface area (Å²) in [4.78, 5) is 0. The zero-order chi connectivity index (χ0) is 14.7. The standard InChI is InChI=1S/C15H15BrClNO2/c1-9-7-12(15(19)14(17)10(9)2)18-8-20-13-6-4-3-5-11(13)16/h3-7,18-19H,8H2,1-2H3. The Hall–Kier alpha value is -1.39. The highest BCUT2D eigenvalue weighted by molar-refractivity contribution is 9.10. The number of halogens is 2. The Bertz CT molecular complexity index is 632. The topological polar surface area (TPSA) is 41.5 Å². The van der Waals surface area contributed by atoms with E-state index >= 15 is 0 Å². The van der Waals surface area contributed by atoms with Gasteiger partial charge < -0.3 is 15.2 Å². The molecule has 0 aliphatic carbocycles. The zero-order valence-electron chi connectivity index (χ0n) is 11.2. The Morgan fingerprint density at radius 2 is 2.00 bits per heavy atom. The Labute approximate surface area is 131 Å². The van der Waals surface area contributed by atoms with E-state index in [4.69, 9.17) is 16.3 Å². The Kier molecular flexibility index (Phi) is 4.78. The first-order valence-electron chi connectivity index (χ1n) is 6.10. The average Bonchev–Trinajstić information content (AvgIpc) is 2.44. The number of phenols is 1. The lowest BCUT2D eigenvalue weighted by Gasteiger charge is -2.14. The summed E-state index contributed by atoms with van der Waals surface area (Å²) in [5.41, 5.74) is 2.45. The normalized spacial score (nSPS) is 10.4. The zero-order valence-corrected chi connectivity index (χ0v) is 13.5. The van der Waals surface area contributed by atoms with Gasteiger partial charge in [-0.15, -0.1) is 0 Å². The molecule has 0 saturated heterocycles. The molecule has 0 radical (unpaired) electrons. The minimum atomic E-state index is 0.0468. The van der Waals surface area contributed by atoms with Crippen molar-refractivity contribution in [2.45, 2.75) is 13.8 Å². The number of nitrogens with one attached hydrogen (secondary N) is 1. The van der Waals surface area contributed by atoms with Crippen LogP contribution in [-0.4, -0.2) is 11.8 Å². The second-order valence-corrected chi connectivity index (χ2v) is 5.66. The van der Waals surface area contributed by atoms with Crippen molar-refractivity contribution in [3.8, 4) is 11.5 Å². The van der Waals surface area contributed by atoms with Crippen LogP contribution in [0.5, 0.6) is 11.5 Å². The maximum absolute atomic E-state index is 10.00. The molecular weight excluding hydrogens is 342 g/mol. The van der Waals surface area contributed by atoms with Crippen molar-refractivity contribution < 1.29 is 9.84 Å². The van der Waals surface area contributed by atoms with E-state index in [2.05, 4.69) is 21.2 Å². The predicted octanol–water partition coefficient (Wildman–Crippen LogP) is 4.87. The van der Waals surface area contributed by atoms with E-state index < -0.39 is 0 Å². The number of hydrogen-bond acceptors (Lipinski definition) is 3. The van der Waals surface area contributed by atoms with Gasteiger partial charge in [-0.2, -0.15) is 0 Å². The number of rotatable bonds is 4. The summed E-state index contributed by atoms with van der Waals surface area (Å²) >= 11 is 9.48. The number of phenolic OH excluding ortho intramolecular Hbond substituents is 1. The number of hydrogen-bond donors (Lipinski definition) is 2. The molecule has 2 aromatic rings. The van der Waals surface area contributed by atoms with Crippen LogP contribution < -0.4 is 10.1 Å². The number of ether oxygens (including phenoxy) is 1. The minimum absolute atomic E-state index is 0.0468. The SMILES string of the molecule is Cc1cc(NCOc2ccccc2Br)c(O)c(Cl)c1C. The number of para-hydroxylation sites is 1. The third-order valence-electron chi connectivity index (χ3n) is 3.07. The van der Waals surface area contributed by atoms with Crippen LogP contribution in [-0.2, 0) is 0 Å². The molecule has 2 aromatic carbocycles. The van der Waals surface area contributed by atoms with Crippen molar-refractivity contribution in [2.24, 2.45) is 0 Å². The van der Waals surface area contributed by atoms with E-state index in [1.165, 1.54) is 0 Å². The molecule has 0 unspecified atom stereocenters. The fourth-order valence-corrected chi connectivity index (χ4v) is 2.40. The summed E-state index contributed by atoms with van der Waals surface area (Å²) in [5, 5.41) is 13.4. The van der Waals surface area contributed by atoms with Crippen LogP contribution in [0.4, 0.5) is 5.69 Å². The van der Waals surface area contributed by atoms with Gasteiger partial charge in [0.15, 0.2) is 12.5 Å². The molecule has 0 amide bonds. The lowest BCUT2D eigenvalue weighted by Crippen LogP contribution is -2.09. The molecule has 0 atom stereocenters. The fourth-order valence-electron chi connectivity index (χ4n) is 1.75. The molecular formula is C15H15BrClNO2. The molecule has 0 spiro atoms. The molecule has 5 heteroatoms. The second-order valence-electron chi connectivity index (χ2n) is 4.42. The van der Waals surface area contributed by atoms with E-state index in [-0.39, 0.29) is 12.5 Å². The van der Waals surface area contributed by atoms with Crippen molar-refractivity contribution in [1.29, 1.82) is 0 Å². The first-order valence-corrected chi connectivity index (χ1v) is 7.27. The molecule has 2 N–H and O–H groups in total. The number of aromatic hydroxyl groups is 1. The first kappa shape index (κ1) is 15.0. The van der Waals surface area contributed by atoms with Crippen molar-refractivity contribution >= 4 is 33.2 Å². The van der Waals surface area contributed by atoms with E-state index in [0.29, 0.717) is 10.7 Å². The summed E-state index contributed by atoms with van der Waals surface area (Å²) in [5.74, 6) is 0.778.